The van der Waals surface area contributed by atoms with Crippen LogP contribution in [0.25, 0.3) is 10.8 Å². The van der Waals surface area contributed by atoms with E-state index < -0.39 is 9.75 Å². The van der Waals surface area contributed by atoms with Gasteiger partial charge in [-0.15, -0.1) is 23.2 Å². The number of rotatable bonds is 2. The first-order chi connectivity index (χ1) is 9.92. The zero-order chi connectivity index (χ0) is 14.8. The number of aryl methyl sites for hydroxylation is 2. The lowest BCUT2D eigenvalue weighted by molar-refractivity contribution is -0.120. The van der Waals surface area contributed by atoms with Crippen molar-refractivity contribution in [2.75, 3.05) is 5.32 Å². The predicted molar refractivity (Wildman–Crippen MR) is 87.1 cm³/mol. The van der Waals surface area contributed by atoms with Crippen molar-refractivity contribution in [3.8, 4) is 0 Å². The number of nitrogens with one attached hydrogen (secondary N) is 1. The van der Waals surface area contributed by atoms with Gasteiger partial charge in [0.15, 0.2) is 0 Å². The summed E-state index contributed by atoms with van der Waals surface area (Å²) in [6.45, 7) is 1.81. The van der Waals surface area contributed by atoms with Crippen LogP contribution in [0.1, 0.15) is 24.5 Å². The van der Waals surface area contributed by atoms with Gasteiger partial charge in [0, 0.05) is 11.1 Å². The molecule has 0 unspecified atom stereocenters. The number of hydrogen-bond acceptors (Lipinski definition) is 1. The standard InChI is InChI=1S/C17H15Cl2NO/c1-16(9-17(16,18)19)15(21)20-13-8-7-11-6-5-10-3-2-4-12(13)14(10)11/h2-4,7-8H,5-6,9H2,1H3,(H,20,21)/t16-/m0/s1. The van der Waals surface area contributed by atoms with Crippen molar-refractivity contribution in [3.05, 3.63) is 41.5 Å². The Kier molecular flexibility index (Phi) is 2.65. The Morgan fingerprint density at radius 1 is 1.14 bits per heavy atom. The Morgan fingerprint density at radius 3 is 2.48 bits per heavy atom. The molecule has 0 bridgehead atoms. The second kappa shape index (κ2) is 4.15. The average Bonchev–Trinajstić information content (AvgIpc) is 2.81. The van der Waals surface area contributed by atoms with Crippen LogP contribution >= 0.6 is 23.2 Å². The highest BCUT2D eigenvalue weighted by molar-refractivity contribution is 6.53. The molecular weight excluding hydrogens is 305 g/mol. The summed E-state index contributed by atoms with van der Waals surface area (Å²) in [5.74, 6) is -0.105. The summed E-state index contributed by atoms with van der Waals surface area (Å²) in [4.78, 5) is 12.5. The van der Waals surface area contributed by atoms with E-state index in [1.807, 2.05) is 13.0 Å². The van der Waals surface area contributed by atoms with Crippen LogP contribution < -0.4 is 5.32 Å². The first kappa shape index (κ1) is 13.4. The fraction of sp³-hybridized carbons (Fsp3) is 0.353. The Bertz CT molecular complexity index is 773. The maximum Gasteiger partial charge on any atom is 0.233 e. The number of carbonyl (C=O) groups excluding carboxylic acids is 1. The summed E-state index contributed by atoms with van der Waals surface area (Å²) in [6.07, 6.45) is 2.65. The molecule has 21 heavy (non-hydrogen) atoms. The van der Waals surface area contributed by atoms with Gasteiger partial charge < -0.3 is 5.32 Å². The average molecular weight is 320 g/mol. The molecule has 4 rings (SSSR count). The van der Waals surface area contributed by atoms with Gasteiger partial charge in [-0.3, -0.25) is 4.79 Å². The lowest BCUT2D eigenvalue weighted by atomic mass is 10.0. The van der Waals surface area contributed by atoms with Crippen LogP contribution in [0.4, 0.5) is 5.69 Å². The number of carbonyl (C=O) groups is 1. The molecule has 2 aliphatic rings. The normalized spacial score (nSPS) is 25.1. The Morgan fingerprint density at radius 2 is 1.81 bits per heavy atom. The van der Waals surface area contributed by atoms with E-state index in [4.69, 9.17) is 23.2 Å². The molecule has 4 heteroatoms. The van der Waals surface area contributed by atoms with Crippen molar-refractivity contribution >= 4 is 45.6 Å². The number of alkyl halides is 2. The third-order valence-electron chi connectivity index (χ3n) is 4.88. The number of amides is 1. The van der Waals surface area contributed by atoms with Crippen molar-refractivity contribution in [2.45, 2.75) is 30.5 Å². The molecule has 1 N–H and O–H groups in total. The van der Waals surface area contributed by atoms with Crippen LogP contribution in [-0.2, 0) is 17.6 Å². The van der Waals surface area contributed by atoms with Crippen LogP contribution in [0.2, 0.25) is 0 Å². The summed E-state index contributed by atoms with van der Waals surface area (Å²) in [6, 6.07) is 10.4. The zero-order valence-electron chi connectivity index (χ0n) is 11.7. The highest BCUT2D eigenvalue weighted by Gasteiger charge is 2.67. The van der Waals surface area contributed by atoms with Gasteiger partial charge in [0.05, 0.1) is 5.41 Å². The zero-order valence-corrected chi connectivity index (χ0v) is 13.2. The lowest BCUT2D eigenvalue weighted by Crippen LogP contribution is -2.26. The van der Waals surface area contributed by atoms with Gasteiger partial charge in [0.25, 0.3) is 0 Å². The fourth-order valence-electron chi connectivity index (χ4n) is 3.26. The quantitative estimate of drug-likeness (QED) is 0.813. The third kappa shape index (κ3) is 1.82. The molecule has 2 aromatic carbocycles. The molecule has 1 fully saturated rings. The van der Waals surface area contributed by atoms with Crippen LogP contribution in [0.3, 0.4) is 0 Å². The van der Waals surface area contributed by atoms with E-state index in [1.165, 1.54) is 16.5 Å². The van der Waals surface area contributed by atoms with Gasteiger partial charge in [-0.25, -0.2) is 0 Å². The first-order valence-corrected chi connectivity index (χ1v) is 7.91. The van der Waals surface area contributed by atoms with Crippen molar-refractivity contribution in [2.24, 2.45) is 5.41 Å². The molecule has 1 atom stereocenters. The van der Waals surface area contributed by atoms with E-state index in [1.54, 1.807) is 0 Å². The van der Waals surface area contributed by atoms with Gasteiger partial charge in [-0.1, -0.05) is 24.3 Å². The minimum absolute atomic E-state index is 0.105. The summed E-state index contributed by atoms with van der Waals surface area (Å²) in [5, 5.41) is 5.41. The Hall–Kier alpha value is -1.25. The van der Waals surface area contributed by atoms with E-state index in [0.717, 1.165) is 23.9 Å². The minimum atomic E-state index is -0.939. The molecule has 2 nitrogen and oxygen atoms in total. The first-order valence-electron chi connectivity index (χ1n) is 7.15. The summed E-state index contributed by atoms with van der Waals surface area (Å²) in [5.41, 5.74) is 2.87. The van der Waals surface area contributed by atoms with E-state index in [0.29, 0.717) is 6.42 Å². The SMILES string of the molecule is C[C@@]1(C(=O)Nc2ccc3c4c(cccc24)CC3)CC1(Cl)Cl. The molecule has 0 saturated heterocycles. The third-order valence-corrected chi connectivity index (χ3v) is 5.99. The number of benzene rings is 2. The minimum Gasteiger partial charge on any atom is -0.325 e. The van der Waals surface area contributed by atoms with Crippen LogP contribution in [0.5, 0.6) is 0 Å². The monoisotopic (exact) mass is 319 g/mol. The maximum absolute atomic E-state index is 12.5. The van der Waals surface area contributed by atoms with Crippen molar-refractivity contribution in [1.29, 1.82) is 0 Å². The molecule has 0 radical (unpaired) electrons. The fourth-order valence-corrected chi connectivity index (χ4v) is 3.97. The molecular formula is C17H15Cl2NO. The Balaban J connectivity index is 1.75. The van der Waals surface area contributed by atoms with Gasteiger partial charge >= 0.3 is 0 Å². The topological polar surface area (TPSA) is 29.1 Å². The summed E-state index contributed by atoms with van der Waals surface area (Å²) in [7, 11) is 0. The lowest BCUT2D eigenvalue weighted by Gasteiger charge is -2.15. The van der Waals surface area contributed by atoms with Crippen LogP contribution in [0.15, 0.2) is 30.3 Å². The molecule has 2 aromatic rings. The second-order valence-electron chi connectivity index (χ2n) is 6.28. The largest absolute Gasteiger partial charge is 0.325 e. The molecule has 0 heterocycles. The molecule has 0 aliphatic heterocycles. The molecule has 2 aliphatic carbocycles. The highest BCUT2D eigenvalue weighted by atomic mass is 35.5. The van der Waals surface area contributed by atoms with Gasteiger partial charge in [-0.05, 0) is 48.8 Å². The molecule has 1 amide bonds. The van der Waals surface area contributed by atoms with Crippen molar-refractivity contribution in [3.63, 3.8) is 0 Å². The van der Waals surface area contributed by atoms with E-state index in [9.17, 15) is 4.79 Å². The van der Waals surface area contributed by atoms with Crippen molar-refractivity contribution in [1.82, 2.24) is 0 Å². The second-order valence-corrected chi connectivity index (χ2v) is 7.76. The molecule has 0 spiro atoms. The van der Waals surface area contributed by atoms with Crippen LogP contribution in [-0.4, -0.2) is 10.2 Å². The van der Waals surface area contributed by atoms with Crippen LogP contribution in [0, 0.1) is 5.41 Å². The van der Waals surface area contributed by atoms with Crippen molar-refractivity contribution < 1.29 is 4.79 Å². The molecule has 0 aromatic heterocycles. The van der Waals surface area contributed by atoms with Gasteiger partial charge in [0.1, 0.15) is 4.33 Å². The maximum atomic E-state index is 12.5. The smallest absolute Gasteiger partial charge is 0.233 e. The predicted octanol–water partition coefficient (Wildman–Crippen LogP) is 4.46. The van der Waals surface area contributed by atoms with Gasteiger partial charge in [0.2, 0.25) is 5.91 Å². The van der Waals surface area contributed by atoms with E-state index >= 15 is 0 Å². The number of anilines is 1. The molecule has 108 valence electrons. The van der Waals surface area contributed by atoms with E-state index in [2.05, 4.69) is 29.6 Å². The van der Waals surface area contributed by atoms with Gasteiger partial charge in [-0.2, -0.15) is 0 Å². The number of hydrogen-bond donors (Lipinski definition) is 1. The summed E-state index contributed by atoms with van der Waals surface area (Å²) >= 11 is 12.2. The van der Waals surface area contributed by atoms with E-state index in [-0.39, 0.29) is 5.91 Å². The highest BCUT2D eigenvalue weighted by Crippen LogP contribution is 2.64. The summed E-state index contributed by atoms with van der Waals surface area (Å²) < 4.78 is -0.939. The Labute approximate surface area is 133 Å². The number of halogens is 2. The molecule has 1 saturated carbocycles.